The molecule has 0 unspecified atom stereocenters. The molecule has 5 rings (SSSR count). The summed E-state index contributed by atoms with van der Waals surface area (Å²) in [6.07, 6.45) is 3.39. The molecule has 1 amide bonds. The number of nitriles is 1. The quantitative estimate of drug-likeness (QED) is 0.341. The first kappa shape index (κ1) is 23.9. The van der Waals surface area contributed by atoms with E-state index in [1.54, 1.807) is 34.2 Å². The fraction of sp³-hybridized carbons (Fsp3) is 0.269. The molecule has 2 atom stereocenters. The van der Waals surface area contributed by atoms with Crippen LogP contribution >= 0.6 is 0 Å². The number of likely N-dealkylation sites (tertiary alicyclic amines) is 1. The number of imidazole rings is 1. The number of fused-ring (bicyclic) bond motifs is 2. The molecule has 2 N–H and O–H groups in total. The lowest BCUT2D eigenvalue weighted by molar-refractivity contribution is -0.126. The Morgan fingerprint density at radius 2 is 2.14 bits per heavy atom. The second kappa shape index (κ2) is 9.03. The summed E-state index contributed by atoms with van der Waals surface area (Å²) in [7, 11) is 1.68. The van der Waals surface area contributed by atoms with Gasteiger partial charge in [-0.25, -0.2) is 18.7 Å². The summed E-state index contributed by atoms with van der Waals surface area (Å²) in [4.78, 5) is 22.3. The van der Waals surface area contributed by atoms with Crippen molar-refractivity contribution in [2.24, 2.45) is 7.05 Å². The van der Waals surface area contributed by atoms with Gasteiger partial charge < -0.3 is 15.2 Å². The minimum atomic E-state index is -0.852. The number of halogens is 2. The number of nitrogen functional groups attached to an aromatic ring is 1. The van der Waals surface area contributed by atoms with E-state index in [1.165, 1.54) is 18.3 Å². The first-order chi connectivity index (χ1) is 17.7. The van der Waals surface area contributed by atoms with Gasteiger partial charge in [0.1, 0.15) is 28.7 Å². The molecule has 186 valence electrons. The maximum absolute atomic E-state index is 15.2. The fourth-order valence-corrected chi connectivity index (χ4v) is 4.84. The van der Waals surface area contributed by atoms with Gasteiger partial charge in [0.15, 0.2) is 5.82 Å². The van der Waals surface area contributed by atoms with Crippen molar-refractivity contribution < 1.29 is 13.6 Å². The molecule has 0 bridgehead atoms. The third-order valence-corrected chi connectivity index (χ3v) is 6.77. The Kier molecular flexibility index (Phi) is 5.84. The summed E-state index contributed by atoms with van der Waals surface area (Å²) in [6.45, 7) is 5.56. The van der Waals surface area contributed by atoms with Gasteiger partial charge in [0, 0.05) is 31.9 Å². The summed E-state index contributed by atoms with van der Waals surface area (Å²) in [5.74, 6) is 4.11. The van der Waals surface area contributed by atoms with Gasteiger partial charge in [0.25, 0.3) is 0 Å². The molecule has 0 saturated carbocycles. The maximum atomic E-state index is 15.2. The van der Waals surface area contributed by atoms with Crippen LogP contribution in [0.3, 0.4) is 0 Å². The van der Waals surface area contributed by atoms with E-state index in [0.717, 1.165) is 0 Å². The van der Waals surface area contributed by atoms with Gasteiger partial charge in [-0.2, -0.15) is 10.4 Å². The molecule has 1 fully saturated rings. The van der Waals surface area contributed by atoms with Crippen LogP contribution in [0.15, 0.2) is 31.0 Å². The highest BCUT2D eigenvalue weighted by atomic mass is 19.1. The van der Waals surface area contributed by atoms with Gasteiger partial charge >= 0.3 is 0 Å². The lowest BCUT2D eigenvalue weighted by Crippen LogP contribution is -2.34. The van der Waals surface area contributed by atoms with E-state index in [4.69, 9.17) is 5.73 Å². The monoisotopic (exact) mass is 500 g/mol. The second-order valence-corrected chi connectivity index (χ2v) is 8.87. The highest BCUT2D eigenvalue weighted by Gasteiger charge is 2.36. The minimum absolute atomic E-state index is 0.0312. The molecule has 0 aliphatic carbocycles. The standard InChI is InChI=1S/C26H22F2N8O/c1-4-22(37)35-13-16(11-15(35)7-9-29)36-20-8-10-31-26(30)23(20)19(33-36)6-5-17-18(27)12-21-25(24(17)28)32-14(2)34(21)3/h4,8,10,12,15-16H,1,7,11,13H2,2-3H3,(H2,30,31)/t15-,16-/m0/s1. The van der Waals surface area contributed by atoms with Gasteiger partial charge in [-0.1, -0.05) is 12.5 Å². The molecule has 1 aromatic carbocycles. The third-order valence-electron chi connectivity index (χ3n) is 6.77. The molecule has 3 aromatic heterocycles. The number of hydrogen-bond acceptors (Lipinski definition) is 6. The fourth-order valence-electron chi connectivity index (χ4n) is 4.84. The molecular weight excluding hydrogens is 478 g/mol. The van der Waals surface area contributed by atoms with Crippen LogP contribution in [0.4, 0.5) is 14.6 Å². The van der Waals surface area contributed by atoms with E-state index < -0.39 is 17.2 Å². The molecular formula is C26H22F2N8O. The third kappa shape index (κ3) is 3.85. The van der Waals surface area contributed by atoms with Crippen molar-refractivity contribution in [3.05, 3.63) is 59.7 Å². The minimum Gasteiger partial charge on any atom is -0.383 e. The first-order valence-corrected chi connectivity index (χ1v) is 11.5. The van der Waals surface area contributed by atoms with Crippen LogP contribution in [0.2, 0.25) is 0 Å². The summed E-state index contributed by atoms with van der Waals surface area (Å²) in [5.41, 5.74) is 6.89. The number of nitrogens with zero attached hydrogens (tertiary/aromatic N) is 7. The molecule has 0 spiro atoms. The van der Waals surface area contributed by atoms with Crippen molar-refractivity contribution in [1.29, 1.82) is 5.26 Å². The average Bonchev–Trinajstić information content (AvgIpc) is 3.54. The van der Waals surface area contributed by atoms with Crippen LogP contribution < -0.4 is 5.73 Å². The van der Waals surface area contributed by atoms with Gasteiger partial charge in [-0.15, -0.1) is 0 Å². The summed E-state index contributed by atoms with van der Waals surface area (Å²) in [5, 5.41) is 14.3. The number of carbonyl (C=O) groups excluding carboxylic acids is 1. The van der Waals surface area contributed by atoms with Crippen LogP contribution in [0, 0.1) is 41.7 Å². The Labute approximate surface area is 210 Å². The largest absolute Gasteiger partial charge is 0.383 e. The number of nitrogens with two attached hydrogens (primary N) is 1. The van der Waals surface area contributed by atoms with Crippen LogP contribution in [0.1, 0.15) is 36.0 Å². The van der Waals surface area contributed by atoms with Crippen LogP contribution in [-0.4, -0.2) is 47.7 Å². The van der Waals surface area contributed by atoms with E-state index in [1.807, 2.05) is 0 Å². The molecule has 11 heteroatoms. The number of rotatable bonds is 3. The molecule has 9 nitrogen and oxygen atoms in total. The Morgan fingerprint density at radius 3 is 2.86 bits per heavy atom. The van der Waals surface area contributed by atoms with Gasteiger partial charge in [0.05, 0.1) is 40.5 Å². The Hall–Kier alpha value is -4.77. The van der Waals surface area contributed by atoms with Crippen molar-refractivity contribution in [3.63, 3.8) is 0 Å². The number of aromatic nitrogens is 5. The average molecular weight is 501 g/mol. The zero-order valence-electron chi connectivity index (χ0n) is 20.2. The lowest BCUT2D eigenvalue weighted by atomic mass is 10.1. The highest BCUT2D eigenvalue weighted by molar-refractivity contribution is 5.93. The molecule has 1 aliphatic heterocycles. The second-order valence-electron chi connectivity index (χ2n) is 8.87. The number of hydrogen-bond donors (Lipinski definition) is 1. The van der Waals surface area contributed by atoms with E-state index >= 15 is 4.39 Å². The molecule has 4 aromatic rings. The predicted octanol–water partition coefficient (Wildman–Crippen LogP) is 3.13. The molecule has 37 heavy (non-hydrogen) atoms. The summed E-state index contributed by atoms with van der Waals surface area (Å²) in [6, 6.07) is 4.46. The van der Waals surface area contributed by atoms with E-state index in [2.05, 4.69) is 39.6 Å². The van der Waals surface area contributed by atoms with Crippen molar-refractivity contribution in [3.8, 4) is 17.9 Å². The van der Waals surface area contributed by atoms with Crippen LogP contribution in [0.5, 0.6) is 0 Å². The number of aryl methyl sites for hydroxylation is 2. The zero-order valence-corrected chi connectivity index (χ0v) is 20.2. The van der Waals surface area contributed by atoms with Gasteiger partial charge in [-0.05, 0) is 31.4 Å². The van der Waals surface area contributed by atoms with Crippen molar-refractivity contribution >= 4 is 33.7 Å². The van der Waals surface area contributed by atoms with E-state index in [-0.39, 0.29) is 41.4 Å². The summed E-state index contributed by atoms with van der Waals surface area (Å²) >= 11 is 0. The first-order valence-electron chi connectivity index (χ1n) is 11.5. The summed E-state index contributed by atoms with van der Waals surface area (Å²) < 4.78 is 33.3. The van der Waals surface area contributed by atoms with Crippen molar-refractivity contribution in [1.82, 2.24) is 29.2 Å². The van der Waals surface area contributed by atoms with Crippen LogP contribution in [0.25, 0.3) is 21.9 Å². The Bertz CT molecular complexity index is 1700. The predicted molar refractivity (Wildman–Crippen MR) is 133 cm³/mol. The van der Waals surface area contributed by atoms with Gasteiger partial charge in [0.2, 0.25) is 5.91 Å². The maximum Gasteiger partial charge on any atom is 0.246 e. The number of carbonyl (C=O) groups is 1. The zero-order chi connectivity index (χ0) is 26.4. The highest BCUT2D eigenvalue weighted by Crippen LogP contribution is 2.33. The number of amides is 1. The van der Waals surface area contributed by atoms with E-state index in [9.17, 15) is 14.4 Å². The number of pyridine rings is 1. The molecule has 1 saturated heterocycles. The smallest absolute Gasteiger partial charge is 0.246 e. The Morgan fingerprint density at radius 1 is 1.35 bits per heavy atom. The number of benzene rings is 1. The topological polar surface area (TPSA) is 119 Å². The van der Waals surface area contributed by atoms with Crippen molar-refractivity contribution in [2.75, 3.05) is 12.3 Å². The van der Waals surface area contributed by atoms with Crippen molar-refractivity contribution in [2.45, 2.75) is 31.8 Å². The Balaban J connectivity index is 1.61. The van der Waals surface area contributed by atoms with E-state index in [0.29, 0.717) is 35.2 Å². The normalized spacial score (nSPS) is 17.1. The molecule has 0 radical (unpaired) electrons. The van der Waals surface area contributed by atoms with Crippen LogP contribution in [-0.2, 0) is 11.8 Å². The lowest BCUT2D eigenvalue weighted by Gasteiger charge is -2.20. The molecule has 4 heterocycles. The van der Waals surface area contributed by atoms with Gasteiger partial charge in [-0.3, -0.25) is 9.48 Å². The SMILES string of the molecule is C=CC(=O)N1C[C@@H](n2nc(C#Cc3c(F)cc4c(nc(C)n4C)c3F)c3c(N)nccc32)C[C@@H]1CC#N. The number of anilines is 1. The molecule has 1 aliphatic rings.